The molecule has 1 aliphatic heterocycles. The predicted molar refractivity (Wildman–Crippen MR) is 122 cm³/mol. The Kier molecular flexibility index (Phi) is 8.08. The molecule has 1 fully saturated rings. The number of nitrogens with one attached hydrogen (secondary N) is 2. The highest BCUT2D eigenvalue weighted by Gasteiger charge is 2.27. The fraction of sp³-hybridized carbons (Fsp3) is 0.478. The zero-order valence-electron chi connectivity index (χ0n) is 19.7. The Labute approximate surface area is 196 Å². The first kappa shape index (κ1) is 25.4. The summed E-state index contributed by atoms with van der Waals surface area (Å²) in [5.74, 6) is -3.75. The van der Waals surface area contributed by atoms with E-state index < -0.39 is 41.6 Å². The quantitative estimate of drug-likeness (QED) is 0.595. The number of amides is 2. The van der Waals surface area contributed by atoms with Gasteiger partial charge in [-0.1, -0.05) is 13.8 Å². The molecule has 1 atom stereocenters. The van der Waals surface area contributed by atoms with Gasteiger partial charge in [0.1, 0.15) is 11.6 Å². The van der Waals surface area contributed by atoms with Crippen molar-refractivity contribution in [3.8, 4) is 0 Å². The fourth-order valence-electron chi connectivity index (χ4n) is 3.63. The summed E-state index contributed by atoms with van der Waals surface area (Å²) in [4.78, 5) is 37.9. The second-order valence-corrected chi connectivity index (χ2v) is 8.57. The van der Waals surface area contributed by atoms with Crippen molar-refractivity contribution in [2.45, 2.75) is 39.7 Å². The molecule has 0 spiro atoms. The molecule has 0 unspecified atom stereocenters. The molecule has 34 heavy (non-hydrogen) atoms. The van der Waals surface area contributed by atoms with Gasteiger partial charge in [-0.2, -0.15) is 0 Å². The van der Waals surface area contributed by atoms with Gasteiger partial charge in [0, 0.05) is 43.9 Å². The van der Waals surface area contributed by atoms with Gasteiger partial charge in [-0.15, -0.1) is 0 Å². The SMILES string of the molecule is Cc1cc(N2CCN([C@H](C)C(=O)NCC(=O)Nc3ccc(F)c(F)c3F)CC2)nc(C(C)C)n1. The highest BCUT2D eigenvalue weighted by atomic mass is 19.2. The Bertz CT molecular complexity index is 1060. The van der Waals surface area contributed by atoms with Crippen LogP contribution in [0.1, 0.15) is 38.2 Å². The Morgan fingerprint density at radius 1 is 1.03 bits per heavy atom. The molecule has 1 saturated heterocycles. The number of piperazine rings is 1. The van der Waals surface area contributed by atoms with Crippen LogP contribution in [0.4, 0.5) is 24.7 Å². The van der Waals surface area contributed by atoms with Crippen molar-refractivity contribution in [2.24, 2.45) is 0 Å². The van der Waals surface area contributed by atoms with Crippen LogP contribution in [0.5, 0.6) is 0 Å². The van der Waals surface area contributed by atoms with Crippen LogP contribution in [-0.2, 0) is 9.59 Å². The topological polar surface area (TPSA) is 90.5 Å². The summed E-state index contributed by atoms with van der Waals surface area (Å²) in [5, 5.41) is 4.62. The maximum atomic E-state index is 13.7. The number of anilines is 2. The van der Waals surface area contributed by atoms with Gasteiger partial charge < -0.3 is 15.5 Å². The molecule has 2 aromatic rings. The third kappa shape index (κ3) is 6.02. The van der Waals surface area contributed by atoms with E-state index in [1.807, 2.05) is 31.7 Å². The number of halogens is 3. The molecule has 2 heterocycles. The number of aromatic nitrogens is 2. The zero-order valence-corrected chi connectivity index (χ0v) is 19.7. The number of nitrogens with zero attached hydrogens (tertiary/aromatic N) is 4. The molecule has 3 rings (SSSR count). The van der Waals surface area contributed by atoms with E-state index in [1.54, 1.807) is 6.92 Å². The lowest BCUT2D eigenvalue weighted by molar-refractivity contribution is -0.128. The van der Waals surface area contributed by atoms with E-state index in [1.165, 1.54) is 0 Å². The average molecular weight is 479 g/mol. The number of carbonyl (C=O) groups is 2. The van der Waals surface area contributed by atoms with Crippen molar-refractivity contribution in [2.75, 3.05) is 42.9 Å². The monoisotopic (exact) mass is 478 g/mol. The molecule has 0 bridgehead atoms. The summed E-state index contributed by atoms with van der Waals surface area (Å²) in [7, 11) is 0. The van der Waals surface area contributed by atoms with Gasteiger partial charge in [-0.25, -0.2) is 23.1 Å². The van der Waals surface area contributed by atoms with Gasteiger partial charge >= 0.3 is 0 Å². The predicted octanol–water partition coefficient (Wildman–Crippen LogP) is 2.59. The standard InChI is InChI=1S/C23H29F3N6O2/c1-13(2)22-28-14(3)11-18(30-22)32-9-7-31(8-10-32)15(4)23(34)27-12-19(33)29-17-6-5-16(24)20(25)21(17)26/h5-6,11,13,15H,7-10,12H2,1-4H3,(H,27,34)(H,29,33)/t15-/m1/s1. The Hall–Kier alpha value is -3.21. The largest absolute Gasteiger partial charge is 0.354 e. The van der Waals surface area contributed by atoms with Crippen LogP contribution in [-0.4, -0.2) is 65.4 Å². The summed E-state index contributed by atoms with van der Waals surface area (Å²) in [6, 6.07) is 3.08. The molecule has 184 valence electrons. The molecular weight excluding hydrogens is 449 g/mol. The van der Waals surface area contributed by atoms with Crippen LogP contribution >= 0.6 is 0 Å². The lowest BCUT2D eigenvalue weighted by Crippen LogP contribution is -2.54. The minimum absolute atomic E-state index is 0.222. The second-order valence-electron chi connectivity index (χ2n) is 8.57. The van der Waals surface area contributed by atoms with Crippen molar-refractivity contribution >= 4 is 23.3 Å². The maximum Gasteiger partial charge on any atom is 0.243 e. The lowest BCUT2D eigenvalue weighted by Gasteiger charge is -2.38. The molecule has 0 aliphatic carbocycles. The molecular formula is C23H29F3N6O2. The van der Waals surface area contributed by atoms with Gasteiger partial charge in [-0.3, -0.25) is 14.5 Å². The first-order chi connectivity index (χ1) is 16.1. The number of benzene rings is 1. The van der Waals surface area contributed by atoms with Crippen LogP contribution in [0.3, 0.4) is 0 Å². The molecule has 1 aliphatic rings. The minimum atomic E-state index is -1.67. The number of aryl methyl sites for hydroxylation is 1. The second kappa shape index (κ2) is 10.8. The van der Waals surface area contributed by atoms with Gasteiger partial charge in [0.2, 0.25) is 11.8 Å². The van der Waals surface area contributed by atoms with Gasteiger partial charge in [0.05, 0.1) is 18.3 Å². The molecule has 11 heteroatoms. The van der Waals surface area contributed by atoms with E-state index in [0.717, 1.165) is 23.4 Å². The molecule has 0 saturated carbocycles. The summed E-state index contributed by atoms with van der Waals surface area (Å²) >= 11 is 0. The van der Waals surface area contributed by atoms with Crippen molar-refractivity contribution in [1.82, 2.24) is 20.2 Å². The summed E-state index contributed by atoms with van der Waals surface area (Å²) in [6.45, 7) is 9.96. The number of rotatable bonds is 7. The van der Waals surface area contributed by atoms with E-state index in [2.05, 4.69) is 25.5 Å². The highest BCUT2D eigenvalue weighted by molar-refractivity contribution is 5.95. The Morgan fingerprint density at radius 2 is 1.71 bits per heavy atom. The maximum absolute atomic E-state index is 13.7. The van der Waals surface area contributed by atoms with Crippen LogP contribution in [0, 0.1) is 24.4 Å². The summed E-state index contributed by atoms with van der Waals surface area (Å²) in [5.41, 5.74) is 0.410. The third-order valence-corrected chi connectivity index (χ3v) is 5.67. The zero-order chi connectivity index (χ0) is 25.0. The van der Waals surface area contributed by atoms with Crippen molar-refractivity contribution in [3.63, 3.8) is 0 Å². The van der Waals surface area contributed by atoms with Crippen LogP contribution in [0.25, 0.3) is 0 Å². The number of carbonyl (C=O) groups excluding carboxylic acids is 2. The van der Waals surface area contributed by atoms with Gasteiger partial charge in [0.25, 0.3) is 0 Å². The van der Waals surface area contributed by atoms with E-state index in [-0.39, 0.29) is 11.8 Å². The van der Waals surface area contributed by atoms with Crippen LogP contribution in [0.2, 0.25) is 0 Å². The smallest absolute Gasteiger partial charge is 0.243 e. The van der Waals surface area contributed by atoms with Crippen LogP contribution < -0.4 is 15.5 Å². The van der Waals surface area contributed by atoms with Crippen LogP contribution in [0.15, 0.2) is 18.2 Å². The molecule has 2 N–H and O–H groups in total. The molecule has 1 aromatic heterocycles. The Balaban J connectivity index is 1.49. The first-order valence-electron chi connectivity index (χ1n) is 11.1. The molecule has 2 amide bonds. The lowest BCUT2D eigenvalue weighted by atomic mass is 10.2. The van der Waals surface area contributed by atoms with E-state index >= 15 is 0 Å². The van der Waals surface area contributed by atoms with E-state index in [0.29, 0.717) is 32.2 Å². The van der Waals surface area contributed by atoms with E-state index in [9.17, 15) is 22.8 Å². The normalized spacial score (nSPS) is 15.4. The first-order valence-corrected chi connectivity index (χ1v) is 11.1. The summed E-state index contributed by atoms with van der Waals surface area (Å²) < 4.78 is 40.0. The fourth-order valence-corrected chi connectivity index (χ4v) is 3.63. The number of hydrogen-bond donors (Lipinski definition) is 2. The molecule has 8 nitrogen and oxygen atoms in total. The third-order valence-electron chi connectivity index (χ3n) is 5.67. The average Bonchev–Trinajstić information content (AvgIpc) is 2.82. The summed E-state index contributed by atoms with van der Waals surface area (Å²) in [6.07, 6.45) is 0. The van der Waals surface area contributed by atoms with Crippen molar-refractivity contribution in [3.05, 3.63) is 47.2 Å². The Morgan fingerprint density at radius 3 is 2.35 bits per heavy atom. The molecule has 0 radical (unpaired) electrons. The molecule has 1 aromatic carbocycles. The van der Waals surface area contributed by atoms with Crippen molar-refractivity contribution < 1.29 is 22.8 Å². The van der Waals surface area contributed by atoms with E-state index in [4.69, 9.17) is 0 Å². The van der Waals surface area contributed by atoms with Gasteiger partial charge in [0.15, 0.2) is 17.5 Å². The number of hydrogen-bond acceptors (Lipinski definition) is 6. The highest BCUT2D eigenvalue weighted by Crippen LogP contribution is 2.20. The minimum Gasteiger partial charge on any atom is -0.354 e. The van der Waals surface area contributed by atoms with Gasteiger partial charge in [-0.05, 0) is 26.0 Å². The van der Waals surface area contributed by atoms with Crippen molar-refractivity contribution in [1.29, 1.82) is 0 Å².